The Hall–Kier alpha value is 0.01000. The second kappa shape index (κ2) is 6.97. The van der Waals surface area contributed by atoms with E-state index in [9.17, 15) is 5.11 Å². The molecular formula is C13H17Cl3O2. The van der Waals surface area contributed by atoms with Crippen LogP contribution in [-0.2, 0) is 10.5 Å². The second-order valence-electron chi connectivity index (χ2n) is 4.26. The number of hydrogen-bond acceptors (Lipinski definition) is 2. The van der Waals surface area contributed by atoms with Crippen LogP contribution in [0.25, 0.3) is 0 Å². The van der Waals surface area contributed by atoms with Crippen molar-refractivity contribution in [1.29, 1.82) is 0 Å². The molecule has 18 heavy (non-hydrogen) atoms. The summed E-state index contributed by atoms with van der Waals surface area (Å²) in [4.78, 5) is 0. The molecule has 0 aromatic heterocycles. The third-order valence-corrected chi connectivity index (χ3v) is 3.53. The van der Waals surface area contributed by atoms with Crippen molar-refractivity contribution in [2.45, 2.75) is 38.6 Å². The number of hydrogen-bond donors (Lipinski definition) is 1. The average molecular weight is 312 g/mol. The molecule has 0 bridgehead atoms. The van der Waals surface area contributed by atoms with Crippen molar-refractivity contribution in [1.82, 2.24) is 0 Å². The van der Waals surface area contributed by atoms with E-state index in [1.807, 2.05) is 6.92 Å². The van der Waals surface area contributed by atoms with Gasteiger partial charge in [0.2, 0.25) is 5.79 Å². The van der Waals surface area contributed by atoms with Crippen LogP contribution in [0.1, 0.15) is 32.3 Å². The lowest BCUT2D eigenvalue weighted by atomic mass is 10.1. The molecule has 0 heterocycles. The average Bonchev–Trinajstić information content (AvgIpc) is 2.28. The first-order valence-electron chi connectivity index (χ1n) is 5.84. The third-order valence-electron chi connectivity index (χ3n) is 2.62. The minimum atomic E-state index is -1.59. The zero-order chi connectivity index (χ0) is 13.8. The molecule has 0 radical (unpaired) electrons. The Morgan fingerprint density at radius 2 is 2.06 bits per heavy atom. The summed E-state index contributed by atoms with van der Waals surface area (Å²) in [6, 6.07) is 4.84. The number of rotatable bonds is 6. The van der Waals surface area contributed by atoms with Gasteiger partial charge in [0.05, 0.1) is 17.0 Å². The smallest absolute Gasteiger partial charge is 0.208 e. The van der Waals surface area contributed by atoms with Crippen LogP contribution in [0.3, 0.4) is 0 Å². The summed E-state index contributed by atoms with van der Waals surface area (Å²) < 4.78 is 5.63. The Labute approximate surface area is 123 Å². The summed E-state index contributed by atoms with van der Waals surface area (Å²) in [5, 5.41) is 11.3. The van der Waals surface area contributed by atoms with Crippen molar-refractivity contribution in [3.63, 3.8) is 0 Å². The topological polar surface area (TPSA) is 29.5 Å². The van der Waals surface area contributed by atoms with Crippen molar-refractivity contribution < 1.29 is 9.84 Å². The van der Waals surface area contributed by atoms with Crippen LogP contribution >= 0.6 is 34.8 Å². The lowest BCUT2D eigenvalue weighted by Crippen LogP contribution is -2.35. The molecule has 102 valence electrons. The molecule has 0 fully saturated rings. The molecule has 0 aliphatic carbocycles. The van der Waals surface area contributed by atoms with Gasteiger partial charge in [0, 0.05) is 10.6 Å². The predicted molar refractivity (Wildman–Crippen MR) is 76.5 cm³/mol. The maximum atomic E-state index is 10.5. The normalized spacial score (nSPS) is 16.3. The standard InChI is InChI=1S/C13H17Cl3O2/c1-3-4-9(2)18-13(17,8-14)11-6-5-10(15)7-12(11)16/h5-7,9,17H,3-4,8H2,1-2H3. The fourth-order valence-corrected chi connectivity index (χ4v) is 2.53. The largest absolute Gasteiger partial charge is 0.361 e. The molecular weight excluding hydrogens is 294 g/mol. The first-order chi connectivity index (χ1) is 8.42. The number of alkyl halides is 1. The molecule has 2 unspecified atom stereocenters. The van der Waals surface area contributed by atoms with E-state index < -0.39 is 5.79 Å². The molecule has 1 rings (SSSR count). The van der Waals surface area contributed by atoms with Crippen LogP contribution in [0.4, 0.5) is 0 Å². The molecule has 2 atom stereocenters. The highest BCUT2D eigenvalue weighted by molar-refractivity contribution is 6.35. The molecule has 2 nitrogen and oxygen atoms in total. The number of ether oxygens (including phenoxy) is 1. The molecule has 0 saturated carbocycles. The van der Waals surface area contributed by atoms with E-state index in [-0.39, 0.29) is 12.0 Å². The van der Waals surface area contributed by atoms with Crippen LogP contribution in [-0.4, -0.2) is 17.1 Å². The highest BCUT2D eigenvalue weighted by Gasteiger charge is 2.33. The van der Waals surface area contributed by atoms with Gasteiger partial charge in [0.15, 0.2) is 0 Å². The number of halogens is 3. The van der Waals surface area contributed by atoms with Gasteiger partial charge >= 0.3 is 0 Å². The molecule has 0 aliphatic heterocycles. The van der Waals surface area contributed by atoms with Crippen molar-refractivity contribution >= 4 is 34.8 Å². The van der Waals surface area contributed by atoms with E-state index in [4.69, 9.17) is 39.5 Å². The minimum absolute atomic E-state index is 0.0948. The molecule has 1 N–H and O–H groups in total. The quantitative estimate of drug-likeness (QED) is 0.615. The maximum absolute atomic E-state index is 10.5. The van der Waals surface area contributed by atoms with Crippen LogP contribution < -0.4 is 0 Å². The zero-order valence-electron chi connectivity index (χ0n) is 10.4. The highest BCUT2D eigenvalue weighted by Crippen LogP contribution is 2.33. The Bertz CT molecular complexity index is 398. The highest BCUT2D eigenvalue weighted by atomic mass is 35.5. The summed E-state index contributed by atoms with van der Waals surface area (Å²) in [6.07, 6.45) is 1.70. The van der Waals surface area contributed by atoms with Gasteiger partial charge in [-0.3, -0.25) is 0 Å². The summed E-state index contributed by atoms with van der Waals surface area (Å²) in [6.45, 7) is 3.94. The van der Waals surface area contributed by atoms with Gasteiger partial charge in [-0.1, -0.05) is 42.6 Å². The van der Waals surface area contributed by atoms with Crippen LogP contribution in [0.2, 0.25) is 10.0 Å². The Morgan fingerprint density at radius 3 is 2.56 bits per heavy atom. The minimum Gasteiger partial charge on any atom is -0.361 e. The van der Waals surface area contributed by atoms with Crippen LogP contribution in [0.15, 0.2) is 18.2 Å². The third kappa shape index (κ3) is 4.01. The van der Waals surface area contributed by atoms with E-state index in [1.54, 1.807) is 18.2 Å². The first kappa shape index (κ1) is 16.1. The Morgan fingerprint density at radius 1 is 1.39 bits per heavy atom. The fraction of sp³-hybridized carbons (Fsp3) is 0.538. The lowest BCUT2D eigenvalue weighted by Gasteiger charge is -2.30. The van der Waals surface area contributed by atoms with Gasteiger partial charge in [-0.15, -0.1) is 11.6 Å². The molecule has 0 aliphatic rings. The van der Waals surface area contributed by atoms with E-state index in [0.717, 1.165) is 12.8 Å². The monoisotopic (exact) mass is 310 g/mol. The van der Waals surface area contributed by atoms with Crippen molar-refractivity contribution in [3.8, 4) is 0 Å². The van der Waals surface area contributed by atoms with Gasteiger partial charge in [-0.2, -0.15) is 0 Å². The summed E-state index contributed by atoms with van der Waals surface area (Å²) in [5.74, 6) is -1.68. The van der Waals surface area contributed by atoms with Crippen molar-refractivity contribution in [2.24, 2.45) is 0 Å². The predicted octanol–water partition coefficient (Wildman–Crippen LogP) is 4.58. The van der Waals surface area contributed by atoms with Gasteiger partial charge in [-0.05, 0) is 25.5 Å². The zero-order valence-corrected chi connectivity index (χ0v) is 12.7. The summed E-state index contributed by atoms with van der Waals surface area (Å²) in [7, 11) is 0. The summed E-state index contributed by atoms with van der Waals surface area (Å²) >= 11 is 17.7. The first-order valence-corrected chi connectivity index (χ1v) is 7.13. The van der Waals surface area contributed by atoms with Gasteiger partial charge in [-0.25, -0.2) is 0 Å². The van der Waals surface area contributed by atoms with Crippen LogP contribution in [0.5, 0.6) is 0 Å². The van der Waals surface area contributed by atoms with Gasteiger partial charge in [0.25, 0.3) is 0 Å². The maximum Gasteiger partial charge on any atom is 0.208 e. The molecule has 0 spiro atoms. The van der Waals surface area contributed by atoms with Crippen LogP contribution in [0, 0.1) is 0 Å². The number of aliphatic hydroxyl groups is 1. The van der Waals surface area contributed by atoms with Crippen molar-refractivity contribution in [2.75, 3.05) is 5.88 Å². The molecule has 1 aromatic carbocycles. The van der Waals surface area contributed by atoms with Crippen molar-refractivity contribution in [3.05, 3.63) is 33.8 Å². The Balaban J connectivity index is 2.99. The number of benzene rings is 1. The SMILES string of the molecule is CCCC(C)OC(O)(CCl)c1ccc(Cl)cc1Cl. The molecule has 0 amide bonds. The van der Waals surface area contributed by atoms with E-state index in [0.29, 0.717) is 15.6 Å². The van der Waals surface area contributed by atoms with E-state index in [2.05, 4.69) is 6.92 Å². The fourth-order valence-electron chi connectivity index (χ4n) is 1.77. The second-order valence-corrected chi connectivity index (χ2v) is 5.37. The van der Waals surface area contributed by atoms with E-state index in [1.165, 1.54) is 0 Å². The van der Waals surface area contributed by atoms with Gasteiger partial charge in [0.1, 0.15) is 0 Å². The lowest BCUT2D eigenvalue weighted by molar-refractivity contribution is -0.221. The van der Waals surface area contributed by atoms with E-state index >= 15 is 0 Å². The summed E-state index contributed by atoms with van der Waals surface area (Å²) in [5.41, 5.74) is 0.437. The van der Waals surface area contributed by atoms with Gasteiger partial charge < -0.3 is 9.84 Å². The molecule has 1 aromatic rings. The molecule has 5 heteroatoms. The Kier molecular flexibility index (Phi) is 6.22. The molecule has 0 saturated heterocycles.